The number of nitrogens with two attached hydrogens (primary N) is 1. The molecule has 3 N–H and O–H groups in total. The molecule has 0 radical (unpaired) electrons. The van der Waals surface area contributed by atoms with Crippen molar-refractivity contribution in [2.45, 2.75) is 13.8 Å². The number of hydrogen-bond donors (Lipinski definition) is 2. The van der Waals surface area contributed by atoms with Crippen molar-refractivity contribution in [3.63, 3.8) is 0 Å². The molecule has 0 aromatic heterocycles. The fourth-order valence-corrected chi connectivity index (χ4v) is 0.929. The van der Waals surface area contributed by atoms with Gasteiger partial charge in [-0.3, -0.25) is 0 Å². The van der Waals surface area contributed by atoms with Gasteiger partial charge in [-0.25, -0.2) is 4.39 Å². The van der Waals surface area contributed by atoms with E-state index in [2.05, 4.69) is 5.32 Å². The van der Waals surface area contributed by atoms with Crippen molar-refractivity contribution in [1.82, 2.24) is 0 Å². The molecule has 0 aliphatic carbocycles. The average Bonchev–Trinajstić information content (AvgIpc) is 2.02. The molecule has 1 aromatic rings. The van der Waals surface area contributed by atoms with Crippen LogP contribution in [-0.4, -0.2) is 0 Å². The summed E-state index contributed by atoms with van der Waals surface area (Å²) in [6.07, 6.45) is 1.56. The summed E-state index contributed by atoms with van der Waals surface area (Å²) in [6.45, 7) is 3.58. The second kappa shape index (κ2) is 3.94. The van der Waals surface area contributed by atoms with Crippen LogP contribution in [0.5, 0.6) is 0 Å². The lowest BCUT2D eigenvalue weighted by Crippen LogP contribution is -1.98. The summed E-state index contributed by atoms with van der Waals surface area (Å²) in [7, 11) is 0. The zero-order valence-electron chi connectivity index (χ0n) is 7.76. The van der Waals surface area contributed by atoms with Gasteiger partial charge in [-0.2, -0.15) is 0 Å². The number of hydrogen-bond acceptors (Lipinski definition) is 2. The largest absolute Gasteiger partial charge is 0.401 e. The molecule has 0 saturated carbocycles. The number of halogens is 1. The number of allylic oxidation sites excluding steroid dienone is 1. The van der Waals surface area contributed by atoms with E-state index in [1.54, 1.807) is 19.2 Å². The van der Waals surface area contributed by atoms with E-state index in [1.807, 2.05) is 13.0 Å². The van der Waals surface area contributed by atoms with Gasteiger partial charge in [0, 0.05) is 11.9 Å². The molecule has 0 unspecified atom stereocenters. The van der Waals surface area contributed by atoms with Crippen molar-refractivity contribution in [1.29, 1.82) is 0 Å². The van der Waals surface area contributed by atoms with Gasteiger partial charge in [-0.1, -0.05) is 6.07 Å². The molecular weight excluding hydrogens is 167 g/mol. The van der Waals surface area contributed by atoms with E-state index >= 15 is 0 Å². The third-order valence-corrected chi connectivity index (χ3v) is 1.58. The van der Waals surface area contributed by atoms with Crippen molar-refractivity contribution in [2.24, 2.45) is 5.73 Å². The van der Waals surface area contributed by atoms with E-state index in [-0.39, 0.29) is 5.82 Å². The average molecular weight is 180 g/mol. The second-order valence-electron chi connectivity index (χ2n) is 3.02. The molecule has 0 saturated heterocycles. The molecule has 0 atom stereocenters. The fraction of sp³-hybridized carbons (Fsp3) is 0.200. The van der Waals surface area contributed by atoms with Crippen LogP contribution in [0.15, 0.2) is 30.1 Å². The first kappa shape index (κ1) is 9.58. The van der Waals surface area contributed by atoms with Crippen LogP contribution in [0.4, 0.5) is 10.1 Å². The van der Waals surface area contributed by atoms with Crippen molar-refractivity contribution >= 4 is 5.69 Å². The Morgan fingerprint density at radius 3 is 2.77 bits per heavy atom. The molecule has 13 heavy (non-hydrogen) atoms. The molecule has 1 rings (SSSR count). The smallest absolute Gasteiger partial charge is 0.146 e. The molecule has 0 bridgehead atoms. The molecule has 2 nitrogen and oxygen atoms in total. The Bertz CT molecular complexity index is 328. The molecule has 1 aromatic carbocycles. The number of aryl methyl sites for hydroxylation is 1. The minimum absolute atomic E-state index is 0.266. The lowest BCUT2D eigenvalue weighted by atomic mass is 10.2. The van der Waals surface area contributed by atoms with Crippen LogP contribution in [0.3, 0.4) is 0 Å². The van der Waals surface area contributed by atoms with Crippen LogP contribution in [0.25, 0.3) is 0 Å². The standard InChI is InChI=1S/C10H13FN2/c1-7-3-4-10(9(11)5-7)13-6-8(2)12/h3-6,13H,12H2,1-2H3/b8-6-. The fourth-order valence-electron chi connectivity index (χ4n) is 0.929. The maximum atomic E-state index is 13.2. The number of anilines is 1. The third kappa shape index (κ3) is 2.78. The van der Waals surface area contributed by atoms with Gasteiger partial charge in [0.1, 0.15) is 5.82 Å². The van der Waals surface area contributed by atoms with Crippen molar-refractivity contribution in [3.8, 4) is 0 Å². The predicted molar refractivity (Wildman–Crippen MR) is 52.7 cm³/mol. The van der Waals surface area contributed by atoms with Gasteiger partial charge in [0.2, 0.25) is 0 Å². The zero-order chi connectivity index (χ0) is 9.84. The van der Waals surface area contributed by atoms with Gasteiger partial charge >= 0.3 is 0 Å². The van der Waals surface area contributed by atoms with E-state index in [0.717, 1.165) is 5.56 Å². The highest BCUT2D eigenvalue weighted by Gasteiger charge is 1.98. The molecule has 3 heteroatoms. The molecule has 0 amide bonds. The van der Waals surface area contributed by atoms with Crippen LogP contribution in [0, 0.1) is 12.7 Å². The quantitative estimate of drug-likeness (QED) is 0.733. The highest BCUT2D eigenvalue weighted by molar-refractivity contribution is 5.48. The number of nitrogens with one attached hydrogen (secondary N) is 1. The molecule has 70 valence electrons. The van der Waals surface area contributed by atoms with Gasteiger partial charge in [-0.15, -0.1) is 0 Å². The lowest BCUT2D eigenvalue weighted by molar-refractivity contribution is 0.630. The summed E-state index contributed by atoms with van der Waals surface area (Å²) in [5.74, 6) is -0.266. The van der Waals surface area contributed by atoms with Crippen molar-refractivity contribution in [2.75, 3.05) is 5.32 Å². The monoisotopic (exact) mass is 180 g/mol. The number of benzene rings is 1. The summed E-state index contributed by atoms with van der Waals surface area (Å²) < 4.78 is 13.2. The first-order valence-corrected chi connectivity index (χ1v) is 4.04. The van der Waals surface area contributed by atoms with E-state index in [0.29, 0.717) is 11.4 Å². The van der Waals surface area contributed by atoms with Gasteiger partial charge < -0.3 is 11.1 Å². The van der Waals surface area contributed by atoms with Crippen molar-refractivity contribution in [3.05, 3.63) is 41.5 Å². The topological polar surface area (TPSA) is 38.0 Å². The van der Waals surface area contributed by atoms with Gasteiger partial charge in [0.15, 0.2) is 0 Å². The summed E-state index contributed by atoms with van der Waals surface area (Å²) >= 11 is 0. The molecule has 0 aliphatic rings. The SMILES string of the molecule is C/C(N)=C/Nc1ccc(C)cc1F. The van der Waals surface area contributed by atoms with Gasteiger partial charge in [0.25, 0.3) is 0 Å². The Balaban J connectivity index is 2.84. The van der Waals surface area contributed by atoms with E-state index in [9.17, 15) is 4.39 Å². The Morgan fingerprint density at radius 2 is 2.23 bits per heavy atom. The second-order valence-corrected chi connectivity index (χ2v) is 3.02. The highest BCUT2D eigenvalue weighted by atomic mass is 19.1. The van der Waals surface area contributed by atoms with Crippen LogP contribution in [-0.2, 0) is 0 Å². The maximum absolute atomic E-state index is 13.2. The minimum Gasteiger partial charge on any atom is -0.401 e. The number of rotatable bonds is 2. The highest BCUT2D eigenvalue weighted by Crippen LogP contribution is 2.14. The third-order valence-electron chi connectivity index (χ3n) is 1.58. The lowest BCUT2D eigenvalue weighted by Gasteiger charge is -2.03. The van der Waals surface area contributed by atoms with E-state index in [1.165, 1.54) is 6.07 Å². The molecule has 0 fully saturated rings. The Kier molecular flexibility index (Phi) is 2.90. The summed E-state index contributed by atoms with van der Waals surface area (Å²) in [6, 6.07) is 5.00. The molecule has 0 aliphatic heterocycles. The Hall–Kier alpha value is -1.51. The van der Waals surface area contributed by atoms with Gasteiger partial charge in [0.05, 0.1) is 5.69 Å². The maximum Gasteiger partial charge on any atom is 0.146 e. The molecule has 0 spiro atoms. The predicted octanol–water partition coefficient (Wildman–Crippen LogP) is 2.37. The van der Waals surface area contributed by atoms with Crippen LogP contribution in [0.1, 0.15) is 12.5 Å². The van der Waals surface area contributed by atoms with E-state index in [4.69, 9.17) is 5.73 Å². The van der Waals surface area contributed by atoms with Gasteiger partial charge in [-0.05, 0) is 31.5 Å². The summed E-state index contributed by atoms with van der Waals surface area (Å²) in [5, 5.41) is 2.78. The van der Waals surface area contributed by atoms with Crippen LogP contribution >= 0.6 is 0 Å². The molecular formula is C10H13FN2. The molecule has 0 heterocycles. The first-order chi connectivity index (χ1) is 6.09. The normalized spacial score (nSPS) is 11.5. The Morgan fingerprint density at radius 1 is 1.54 bits per heavy atom. The van der Waals surface area contributed by atoms with Crippen molar-refractivity contribution < 1.29 is 4.39 Å². The minimum atomic E-state index is -0.266. The summed E-state index contributed by atoms with van der Waals surface area (Å²) in [5.41, 5.74) is 7.35. The zero-order valence-corrected chi connectivity index (χ0v) is 7.76. The van der Waals surface area contributed by atoms with E-state index < -0.39 is 0 Å². The van der Waals surface area contributed by atoms with Crippen LogP contribution in [0.2, 0.25) is 0 Å². The van der Waals surface area contributed by atoms with Crippen LogP contribution < -0.4 is 11.1 Å². The Labute approximate surface area is 77.3 Å². The summed E-state index contributed by atoms with van der Waals surface area (Å²) in [4.78, 5) is 0. The first-order valence-electron chi connectivity index (χ1n) is 4.04.